The standard InChI is InChI=1S/C18H30N6O6/c1-4-9(2)14(23-13(26)6-19)17(28)22-12(5-11-7-20-8-21-11)16(27)24-15(10(3)25)18(29)30/h7-10,12,14-15,25H,4-6,19H2,1-3H3,(H,20,21)(H,22,28)(H,23,26)(H,24,27)(H,29,30). The summed E-state index contributed by atoms with van der Waals surface area (Å²) in [5.74, 6) is -3.61. The van der Waals surface area contributed by atoms with Crippen LogP contribution in [0, 0.1) is 5.92 Å². The lowest BCUT2D eigenvalue weighted by Crippen LogP contribution is -2.59. The van der Waals surface area contributed by atoms with Crippen LogP contribution in [-0.4, -0.2) is 74.6 Å². The highest BCUT2D eigenvalue weighted by Crippen LogP contribution is 2.09. The van der Waals surface area contributed by atoms with E-state index in [1.165, 1.54) is 19.4 Å². The van der Waals surface area contributed by atoms with Crippen molar-refractivity contribution < 1.29 is 29.4 Å². The molecule has 0 spiro atoms. The number of H-pyrrole nitrogens is 1. The van der Waals surface area contributed by atoms with Crippen molar-refractivity contribution in [3.05, 3.63) is 18.2 Å². The Labute approximate surface area is 174 Å². The average Bonchev–Trinajstić information content (AvgIpc) is 3.21. The number of hydrogen-bond acceptors (Lipinski definition) is 7. The van der Waals surface area contributed by atoms with Gasteiger partial charge in [-0.15, -0.1) is 0 Å². The van der Waals surface area contributed by atoms with E-state index in [1.54, 1.807) is 6.92 Å². The van der Waals surface area contributed by atoms with Crippen LogP contribution in [0.2, 0.25) is 0 Å². The summed E-state index contributed by atoms with van der Waals surface area (Å²) in [6.45, 7) is 4.53. The minimum absolute atomic E-state index is 0.0121. The van der Waals surface area contributed by atoms with E-state index in [-0.39, 0.29) is 18.9 Å². The molecular weight excluding hydrogens is 396 g/mol. The van der Waals surface area contributed by atoms with Gasteiger partial charge in [-0.1, -0.05) is 20.3 Å². The molecule has 0 fully saturated rings. The van der Waals surface area contributed by atoms with E-state index in [2.05, 4.69) is 25.9 Å². The van der Waals surface area contributed by atoms with Crippen molar-refractivity contribution in [3.8, 4) is 0 Å². The molecule has 0 saturated heterocycles. The smallest absolute Gasteiger partial charge is 0.328 e. The summed E-state index contributed by atoms with van der Waals surface area (Å²) in [5, 5.41) is 26.1. The van der Waals surface area contributed by atoms with Crippen LogP contribution in [0.15, 0.2) is 12.5 Å². The molecule has 0 aliphatic carbocycles. The van der Waals surface area contributed by atoms with Crippen molar-refractivity contribution in [1.29, 1.82) is 0 Å². The number of carboxylic acids is 1. The van der Waals surface area contributed by atoms with E-state index < -0.39 is 47.9 Å². The third-order valence-corrected chi connectivity index (χ3v) is 4.66. The Morgan fingerprint density at radius 3 is 2.27 bits per heavy atom. The summed E-state index contributed by atoms with van der Waals surface area (Å²) < 4.78 is 0. The highest BCUT2D eigenvalue weighted by Gasteiger charge is 2.33. The molecule has 30 heavy (non-hydrogen) atoms. The van der Waals surface area contributed by atoms with Crippen LogP contribution in [-0.2, 0) is 25.6 Å². The second kappa shape index (κ2) is 11.9. The molecule has 0 saturated carbocycles. The number of aliphatic hydroxyl groups is 1. The second-order valence-corrected chi connectivity index (χ2v) is 7.04. The molecule has 1 heterocycles. The van der Waals surface area contributed by atoms with Gasteiger partial charge in [0.05, 0.1) is 19.0 Å². The maximum atomic E-state index is 12.9. The average molecular weight is 426 g/mol. The highest BCUT2D eigenvalue weighted by molar-refractivity contribution is 5.94. The molecule has 3 amide bonds. The van der Waals surface area contributed by atoms with Gasteiger partial charge >= 0.3 is 5.97 Å². The number of carbonyl (C=O) groups excluding carboxylic acids is 3. The number of aromatic amines is 1. The largest absolute Gasteiger partial charge is 0.480 e. The van der Waals surface area contributed by atoms with Crippen LogP contribution in [0.3, 0.4) is 0 Å². The van der Waals surface area contributed by atoms with E-state index in [0.717, 1.165) is 0 Å². The number of aliphatic hydroxyl groups excluding tert-OH is 1. The molecule has 0 radical (unpaired) electrons. The maximum absolute atomic E-state index is 12.9. The van der Waals surface area contributed by atoms with Crippen molar-refractivity contribution in [2.45, 2.75) is 57.8 Å². The minimum Gasteiger partial charge on any atom is -0.480 e. The number of rotatable bonds is 12. The fourth-order valence-electron chi connectivity index (χ4n) is 2.66. The van der Waals surface area contributed by atoms with Gasteiger partial charge < -0.3 is 36.9 Å². The van der Waals surface area contributed by atoms with Gasteiger partial charge in [-0.05, 0) is 12.8 Å². The Hall–Kier alpha value is -2.99. The SMILES string of the molecule is CCC(C)C(NC(=O)CN)C(=O)NC(Cc1cnc[nH]1)C(=O)NC(C(=O)O)C(C)O. The quantitative estimate of drug-likeness (QED) is 0.196. The van der Waals surface area contributed by atoms with E-state index in [9.17, 15) is 29.4 Å². The van der Waals surface area contributed by atoms with E-state index in [4.69, 9.17) is 5.73 Å². The molecule has 5 atom stereocenters. The first-order valence-electron chi connectivity index (χ1n) is 9.58. The normalized spacial score (nSPS) is 15.9. The Kier molecular flexibility index (Phi) is 9.92. The number of nitrogens with two attached hydrogens (primary N) is 1. The summed E-state index contributed by atoms with van der Waals surface area (Å²) in [5.41, 5.74) is 5.83. The lowest BCUT2D eigenvalue weighted by molar-refractivity contribution is -0.145. The van der Waals surface area contributed by atoms with Crippen molar-refractivity contribution in [3.63, 3.8) is 0 Å². The lowest BCUT2D eigenvalue weighted by Gasteiger charge is -2.27. The number of imidazole rings is 1. The lowest BCUT2D eigenvalue weighted by atomic mass is 9.97. The topological polar surface area (TPSA) is 200 Å². The van der Waals surface area contributed by atoms with Crippen molar-refractivity contribution in [2.24, 2.45) is 11.7 Å². The number of hydrogen-bond donors (Lipinski definition) is 7. The first-order valence-corrected chi connectivity index (χ1v) is 9.58. The van der Waals surface area contributed by atoms with E-state index in [0.29, 0.717) is 12.1 Å². The summed E-state index contributed by atoms with van der Waals surface area (Å²) in [7, 11) is 0. The molecule has 1 rings (SSSR count). The summed E-state index contributed by atoms with van der Waals surface area (Å²) in [4.78, 5) is 55.2. The maximum Gasteiger partial charge on any atom is 0.328 e. The number of aliphatic carboxylic acids is 1. The number of carboxylic acid groups (broad SMARTS) is 1. The number of amides is 3. The van der Waals surface area contributed by atoms with E-state index in [1.807, 2.05) is 6.92 Å². The molecule has 12 heteroatoms. The number of carbonyl (C=O) groups is 4. The molecule has 168 valence electrons. The van der Waals surface area contributed by atoms with Crippen LogP contribution in [0.1, 0.15) is 32.9 Å². The van der Waals surface area contributed by atoms with Crippen LogP contribution in [0.4, 0.5) is 0 Å². The fourth-order valence-corrected chi connectivity index (χ4v) is 2.66. The van der Waals surface area contributed by atoms with Gasteiger partial charge in [0, 0.05) is 18.3 Å². The van der Waals surface area contributed by atoms with Crippen molar-refractivity contribution >= 4 is 23.7 Å². The van der Waals surface area contributed by atoms with Crippen LogP contribution < -0.4 is 21.7 Å². The molecule has 8 N–H and O–H groups in total. The Morgan fingerprint density at radius 1 is 1.13 bits per heavy atom. The molecule has 0 aromatic carbocycles. The predicted octanol–water partition coefficient (Wildman–Crippen LogP) is -2.12. The molecular formula is C18H30N6O6. The Balaban J connectivity index is 3.05. The van der Waals surface area contributed by atoms with Crippen LogP contribution >= 0.6 is 0 Å². The van der Waals surface area contributed by atoms with Crippen LogP contribution in [0.5, 0.6) is 0 Å². The van der Waals surface area contributed by atoms with Gasteiger partial charge in [0.25, 0.3) is 0 Å². The summed E-state index contributed by atoms with van der Waals surface area (Å²) >= 11 is 0. The Morgan fingerprint density at radius 2 is 1.80 bits per heavy atom. The summed E-state index contributed by atoms with van der Waals surface area (Å²) in [6, 6.07) is -3.67. The molecule has 5 unspecified atom stereocenters. The van der Waals surface area contributed by atoms with E-state index >= 15 is 0 Å². The third kappa shape index (κ3) is 7.44. The summed E-state index contributed by atoms with van der Waals surface area (Å²) in [6.07, 6.45) is 2.06. The zero-order valence-electron chi connectivity index (χ0n) is 17.2. The first-order chi connectivity index (χ1) is 14.1. The van der Waals surface area contributed by atoms with Crippen molar-refractivity contribution in [1.82, 2.24) is 25.9 Å². The number of nitrogens with one attached hydrogen (secondary N) is 4. The van der Waals surface area contributed by atoms with Crippen LogP contribution in [0.25, 0.3) is 0 Å². The molecule has 1 aromatic rings. The molecule has 0 aliphatic rings. The molecule has 0 bridgehead atoms. The van der Waals surface area contributed by atoms with Gasteiger partial charge in [-0.25, -0.2) is 9.78 Å². The van der Waals surface area contributed by atoms with Gasteiger partial charge in [-0.2, -0.15) is 0 Å². The highest BCUT2D eigenvalue weighted by atomic mass is 16.4. The zero-order chi connectivity index (χ0) is 22.8. The van der Waals surface area contributed by atoms with Gasteiger partial charge in [-0.3, -0.25) is 14.4 Å². The number of nitrogens with zero attached hydrogens (tertiary/aromatic N) is 1. The third-order valence-electron chi connectivity index (χ3n) is 4.66. The van der Waals surface area contributed by atoms with Gasteiger partial charge in [0.2, 0.25) is 17.7 Å². The predicted molar refractivity (Wildman–Crippen MR) is 106 cm³/mol. The molecule has 1 aromatic heterocycles. The molecule has 0 aliphatic heterocycles. The zero-order valence-corrected chi connectivity index (χ0v) is 17.2. The van der Waals surface area contributed by atoms with Gasteiger partial charge in [0.15, 0.2) is 6.04 Å². The fraction of sp³-hybridized carbons (Fsp3) is 0.611. The Bertz CT molecular complexity index is 723. The van der Waals surface area contributed by atoms with Crippen molar-refractivity contribution in [2.75, 3.05) is 6.54 Å². The van der Waals surface area contributed by atoms with Gasteiger partial charge in [0.1, 0.15) is 12.1 Å². The molecule has 12 nitrogen and oxygen atoms in total. The number of aromatic nitrogens is 2. The second-order valence-electron chi connectivity index (χ2n) is 7.04. The monoisotopic (exact) mass is 426 g/mol. The minimum atomic E-state index is -1.55. The first kappa shape index (κ1) is 25.0.